The second-order valence-corrected chi connectivity index (χ2v) is 5.91. The van der Waals surface area contributed by atoms with Gasteiger partial charge < -0.3 is 18.9 Å². The molecular formula is C18H28O8. The zero-order chi connectivity index (χ0) is 19.7. The molecule has 0 heterocycles. The summed E-state index contributed by atoms with van der Waals surface area (Å²) in [5.74, 6) is -5.79. The Balaban J connectivity index is 3.17. The maximum atomic E-state index is 12.3. The summed E-state index contributed by atoms with van der Waals surface area (Å²) in [6.45, 7) is 7.22. The molecule has 0 spiro atoms. The number of hydrogen-bond acceptors (Lipinski definition) is 8. The van der Waals surface area contributed by atoms with Crippen LogP contribution in [0.1, 0.15) is 40.5 Å². The third-order valence-electron chi connectivity index (χ3n) is 4.34. The van der Waals surface area contributed by atoms with Gasteiger partial charge >= 0.3 is 23.9 Å². The Kier molecular flexibility index (Phi) is 9.09. The minimum atomic E-state index is -0.867. The predicted molar refractivity (Wildman–Crippen MR) is 89.7 cm³/mol. The molecule has 0 bridgehead atoms. The van der Waals surface area contributed by atoms with E-state index < -0.39 is 47.5 Å². The van der Waals surface area contributed by atoms with Gasteiger partial charge in [0.15, 0.2) is 0 Å². The summed E-state index contributed by atoms with van der Waals surface area (Å²) in [6, 6.07) is 0. The first kappa shape index (κ1) is 21.9. The van der Waals surface area contributed by atoms with E-state index in [4.69, 9.17) is 18.9 Å². The van der Waals surface area contributed by atoms with Crippen molar-refractivity contribution >= 4 is 23.9 Å². The van der Waals surface area contributed by atoms with Crippen molar-refractivity contribution in [1.29, 1.82) is 0 Å². The van der Waals surface area contributed by atoms with Gasteiger partial charge in [0.2, 0.25) is 0 Å². The van der Waals surface area contributed by atoms with E-state index in [1.807, 2.05) is 0 Å². The average molecular weight is 372 g/mol. The van der Waals surface area contributed by atoms with Crippen molar-refractivity contribution in [2.45, 2.75) is 40.5 Å². The van der Waals surface area contributed by atoms with E-state index in [2.05, 4.69) is 0 Å². The minimum Gasteiger partial charge on any atom is -0.466 e. The smallest absolute Gasteiger partial charge is 0.309 e. The molecule has 26 heavy (non-hydrogen) atoms. The normalized spacial score (nSPS) is 25.1. The molecule has 0 aromatic rings. The molecule has 0 radical (unpaired) electrons. The standard InChI is InChI=1S/C18H28O8/c1-5-23-15(19)11-9-13(17(21)25-7-3)14(18(22)26-8-4)10-12(11)16(20)24-6-2/h11-14H,5-10H2,1-4H3. The summed E-state index contributed by atoms with van der Waals surface area (Å²) in [6.07, 6.45) is -0.0464. The average Bonchev–Trinajstić information content (AvgIpc) is 2.61. The highest BCUT2D eigenvalue weighted by Crippen LogP contribution is 2.41. The lowest BCUT2D eigenvalue weighted by Gasteiger charge is -2.36. The highest BCUT2D eigenvalue weighted by atomic mass is 16.5. The van der Waals surface area contributed by atoms with Crippen molar-refractivity contribution in [2.75, 3.05) is 26.4 Å². The Morgan fingerprint density at radius 2 is 0.731 bits per heavy atom. The fourth-order valence-corrected chi connectivity index (χ4v) is 3.24. The highest BCUT2D eigenvalue weighted by molar-refractivity contribution is 5.87. The van der Waals surface area contributed by atoms with Gasteiger partial charge in [-0.3, -0.25) is 19.2 Å². The molecular weight excluding hydrogens is 344 g/mol. The maximum Gasteiger partial charge on any atom is 0.309 e. The Morgan fingerprint density at radius 1 is 0.538 bits per heavy atom. The molecule has 0 aromatic heterocycles. The van der Waals surface area contributed by atoms with Gasteiger partial charge in [-0.15, -0.1) is 0 Å². The molecule has 1 saturated carbocycles. The van der Waals surface area contributed by atoms with E-state index >= 15 is 0 Å². The molecule has 8 nitrogen and oxygen atoms in total. The van der Waals surface area contributed by atoms with Crippen molar-refractivity contribution in [1.82, 2.24) is 0 Å². The van der Waals surface area contributed by atoms with Crippen LogP contribution in [-0.4, -0.2) is 50.3 Å². The van der Waals surface area contributed by atoms with Crippen LogP contribution in [0.5, 0.6) is 0 Å². The van der Waals surface area contributed by atoms with Crippen LogP contribution in [0.4, 0.5) is 0 Å². The first-order chi connectivity index (χ1) is 12.4. The first-order valence-electron chi connectivity index (χ1n) is 9.07. The van der Waals surface area contributed by atoms with Gasteiger partial charge in [0.05, 0.1) is 50.1 Å². The zero-order valence-electron chi connectivity index (χ0n) is 15.8. The van der Waals surface area contributed by atoms with Crippen molar-refractivity contribution in [2.24, 2.45) is 23.7 Å². The van der Waals surface area contributed by atoms with Gasteiger partial charge in [-0.1, -0.05) is 0 Å². The summed E-state index contributed by atoms with van der Waals surface area (Å²) in [5, 5.41) is 0. The minimum absolute atomic E-state index is 0.0232. The van der Waals surface area contributed by atoms with E-state index in [0.29, 0.717) is 0 Å². The molecule has 1 fully saturated rings. The molecule has 1 aliphatic carbocycles. The fraction of sp³-hybridized carbons (Fsp3) is 0.778. The largest absolute Gasteiger partial charge is 0.466 e. The van der Waals surface area contributed by atoms with Crippen molar-refractivity contribution in [3.05, 3.63) is 0 Å². The molecule has 148 valence electrons. The second kappa shape index (κ2) is 10.8. The van der Waals surface area contributed by atoms with Crippen molar-refractivity contribution in [3.63, 3.8) is 0 Å². The van der Waals surface area contributed by atoms with Gasteiger partial charge in [-0.25, -0.2) is 0 Å². The lowest BCUT2D eigenvalue weighted by Crippen LogP contribution is -2.46. The molecule has 1 rings (SSSR count). The van der Waals surface area contributed by atoms with Crippen LogP contribution in [0.2, 0.25) is 0 Å². The molecule has 4 atom stereocenters. The SMILES string of the molecule is CCOC(=O)C1CC(C(=O)OCC)C(C(=O)OCC)CC1C(=O)OCC. The highest BCUT2D eigenvalue weighted by Gasteiger charge is 2.50. The fourth-order valence-electron chi connectivity index (χ4n) is 3.24. The number of ether oxygens (including phenoxy) is 4. The molecule has 4 unspecified atom stereocenters. The van der Waals surface area contributed by atoms with Crippen LogP contribution >= 0.6 is 0 Å². The first-order valence-corrected chi connectivity index (χ1v) is 9.07. The number of carbonyl (C=O) groups is 4. The van der Waals surface area contributed by atoms with E-state index in [-0.39, 0.29) is 39.3 Å². The zero-order valence-corrected chi connectivity index (χ0v) is 15.8. The molecule has 0 aromatic carbocycles. The van der Waals surface area contributed by atoms with Crippen LogP contribution < -0.4 is 0 Å². The summed E-state index contributed by atoms with van der Waals surface area (Å²) >= 11 is 0. The summed E-state index contributed by atoms with van der Waals surface area (Å²) in [4.78, 5) is 49.4. The van der Waals surface area contributed by atoms with Crippen LogP contribution in [0.3, 0.4) is 0 Å². The Hall–Kier alpha value is -2.12. The third-order valence-corrected chi connectivity index (χ3v) is 4.34. The van der Waals surface area contributed by atoms with Gasteiger partial charge in [0.25, 0.3) is 0 Å². The van der Waals surface area contributed by atoms with Gasteiger partial charge in [-0.2, -0.15) is 0 Å². The van der Waals surface area contributed by atoms with Crippen LogP contribution in [0.15, 0.2) is 0 Å². The second-order valence-electron chi connectivity index (χ2n) is 5.91. The topological polar surface area (TPSA) is 105 Å². The van der Waals surface area contributed by atoms with Gasteiger partial charge in [-0.05, 0) is 40.5 Å². The predicted octanol–water partition coefficient (Wildman–Crippen LogP) is 1.50. The Labute approximate surface area is 153 Å². The van der Waals surface area contributed by atoms with Gasteiger partial charge in [0.1, 0.15) is 0 Å². The van der Waals surface area contributed by atoms with E-state index in [1.54, 1.807) is 27.7 Å². The van der Waals surface area contributed by atoms with Crippen molar-refractivity contribution < 1.29 is 38.1 Å². The van der Waals surface area contributed by atoms with Crippen LogP contribution in [0.25, 0.3) is 0 Å². The number of esters is 4. The Morgan fingerprint density at radius 3 is 0.885 bits per heavy atom. The molecule has 1 aliphatic rings. The maximum absolute atomic E-state index is 12.3. The van der Waals surface area contributed by atoms with Crippen LogP contribution in [-0.2, 0) is 38.1 Å². The summed E-state index contributed by atoms with van der Waals surface area (Å²) < 4.78 is 20.2. The lowest BCUT2D eigenvalue weighted by molar-refractivity contribution is -0.175. The molecule has 0 amide bonds. The quantitative estimate of drug-likeness (QED) is 0.466. The van der Waals surface area contributed by atoms with Crippen LogP contribution in [0, 0.1) is 23.7 Å². The number of carbonyl (C=O) groups excluding carboxylic acids is 4. The summed E-state index contributed by atoms with van der Waals surface area (Å²) in [5.41, 5.74) is 0. The van der Waals surface area contributed by atoms with E-state index in [0.717, 1.165) is 0 Å². The number of hydrogen-bond donors (Lipinski definition) is 0. The monoisotopic (exact) mass is 372 g/mol. The molecule has 0 aliphatic heterocycles. The van der Waals surface area contributed by atoms with Gasteiger partial charge in [0, 0.05) is 0 Å². The van der Waals surface area contributed by atoms with E-state index in [9.17, 15) is 19.2 Å². The van der Waals surface area contributed by atoms with Crippen molar-refractivity contribution in [3.8, 4) is 0 Å². The van der Waals surface area contributed by atoms with E-state index in [1.165, 1.54) is 0 Å². The third kappa shape index (κ3) is 5.44. The lowest BCUT2D eigenvalue weighted by atomic mass is 9.68. The summed E-state index contributed by atoms with van der Waals surface area (Å²) in [7, 11) is 0. The Bertz CT molecular complexity index is 425. The number of rotatable bonds is 8. The molecule has 8 heteroatoms. The molecule has 0 N–H and O–H groups in total. The molecule has 0 saturated heterocycles.